The van der Waals surface area contributed by atoms with Crippen molar-refractivity contribution in [1.29, 1.82) is 0 Å². The molecule has 0 spiro atoms. The summed E-state index contributed by atoms with van der Waals surface area (Å²) in [5, 5.41) is 14.0. The summed E-state index contributed by atoms with van der Waals surface area (Å²) in [6.07, 6.45) is 4.41. The molecule has 0 amide bonds. The Morgan fingerprint density at radius 3 is 3.17 bits per heavy atom. The first-order chi connectivity index (χ1) is 8.78. The number of aromatic hydroxyl groups is 1. The number of benzene rings is 1. The maximum Gasteiger partial charge on any atom is 0.155 e. The minimum atomic E-state index is 0.205. The van der Waals surface area contributed by atoms with Gasteiger partial charge in [0.25, 0.3) is 0 Å². The van der Waals surface area contributed by atoms with Crippen molar-refractivity contribution in [2.24, 2.45) is 0 Å². The van der Waals surface area contributed by atoms with Gasteiger partial charge in [-0.3, -0.25) is 4.79 Å². The maximum absolute atomic E-state index is 10.8. The van der Waals surface area contributed by atoms with Gasteiger partial charge in [0.05, 0.1) is 11.8 Å². The third-order valence-corrected chi connectivity index (χ3v) is 2.91. The lowest BCUT2D eigenvalue weighted by Gasteiger charge is -1.97. The van der Waals surface area contributed by atoms with Gasteiger partial charge < -0.3 is 14.6 Å². The number of nitrogens with zero attached hydrogens (tertiary/aromatic N) is 1. The molecule has 2 N–H and O–H groups in total. The fourth-order valence-corrected chi connectivity index (χ4v) is 1.99. The Morgan fingerprint density at radius 2 is 2.33 bits per heavy atom. The smallest absolute Gasteiger partial charge is 0.155 e. The number of fused-ring (bicyclic) bond motifs is 1. The summed E-state index contributed by atoms with van der Waals surface area (Å²) in [6.45, 7) is 0. The lowest BCUT2D eigenvalue weighted by atomic mass is 10.1. The Labute approximate surface area is 102 Å². The maximum atomic E-state index is 10.8. The quantitative estimate of drug-likeness (QED) is 0.690. The van der Waals surface area contributed by atoms with E-state index in [1.807, 2.05) is 6.20 Å². The van der Waals surface area contributed by atoms with Crippen LogP contribution in [0.5, 0.6) is 5.75 Å². The number of phenols is 1. The van der Waals surface area contributed by atoms with Crippen molar-refractivity contribution in [1.82, 2.24) is 10.1 Å². The first kappa shape index (κ1) is 10.6. The zero-order chi connectivity index (χ0) is 12.5. The van der Waals surface area contributed by atoms with E-state index in [0.29, 0.717) is 17.7 Å². The zero-order valence-electron chi connectivity index (χ0n) is 9.38. The molecule has 2 heterocycles. The highest BCUT2D eigenvalue weighted by atomic mass is 16.5. The molecule has 2 aromatic heterocycles. The third-order valence-electron chi connectivity index (χ3n) is 2.91. The van der Waals surface area contributed by atoms with Gasteiger partial charge in [-0.15, -0.1) is 0 Å². The topological polar surface area (TPSA) is 79.1 Å². The van der Waals surface area contributed by atoms with E-state index >= 15 is 0 Å². The monoisotopic (exact) mass is 242 g/mol. The van der Waals surface area contributed by atoms with Crippen LogP contribution in [0, 0.1) is 0 Å². The number of phenolic OH excluding ortho intramolecular Hbond substituents is 1. The van der Waals surface area contributed by atoms with E-state index in [9.17, 15) is 9.90 Å². The predicted molar refractivity (Wildman–Crippen MR) is 64.7 cm³/mol. The number of H-pyrrole nitrogens is 1. The molecule has 18 heavy (non-hydrogen) atoms. The van der Waals surface area contributed by atoms with Gasteiger partial charge >= 0.3 is 0 Å². The summed E-state index contributed by atoms with van der Waals surface area (Å²) in [6, 6.07) is 5.10. The van der Waals surface area contributed by atoms with E-state index in [0.717, 1.165) is 22.8 Å². The van der Waals surface area contributed by atoms with Gasteiger partial charge in [-0.25, -0.2) is 0 Å². The van der Waals surface area contributed by atoms with E-state index in [4.69, 9.17) is 4.52 Å². The van der Waals surface area contributed by atoms with Gasteiger partial charge in [-0.1, -0.05) is 5.16 Å². The minimum absolute atomic E-state index is 0.205. The number of carbonyl (C=O) groups excluding carboxylic acids is 1. The van der Waals surface area contributed by atoms with Gasteiger partial charge in [0.15, 0.2) is 12.0 Å². The van der Waals surface area contributed by atoms with Crippen LogP contribution in [0.1, 0.15) is 21.7 Å². The average molecular weight is 242 g/mol. The molecule has 0 unspecified atom stereocenters. The Morgan fingerprint density at radius 1 is 1.44 bits per heavy atom. The Balaban J connectivity index is 2.05. The van der Waals surface area contributed by atoms with E-state index in [-0.39, 0.29) is 5.75 Å². The van der Waals surface area contributed by atoms with Crippen molar-refractivity contribution in [3.8, 4) is 5.75 Å². The van der Waals surface area contributed by atoms with Crippen molar-refractivity contribution < 1.29 is 14.4 Å². The highest BCUT2D eigenvalue weighted by Gasteiger charge is 2.11. The van der Waals surface area contributed by atoms with Crippen LogP contribution in [-0.4, -0.2) is 21.5 Å². The Bertz CT molecular complexity index is 712. The van der Waals surface area contributed by atoms with E-state index < -0.39 is 0 Å². The molecule has 3 rings (SSSR count). The molecule has 0 radical (unpaired) electrons. The second kappa shape index (κ2) is 4.03. The molecular formula is C13H10N2O3. The van der Waals surface area contributed by atoms with Crippen LogP contribution in [0.25, 0.3) is 10.9 Å². The Hall–Kier alpha value is -2.56. The summed E-state index contributed by atoms with van der Waals surface area (Å²) in [5.74, 6) is 0.728. The molecule has 5 nitrogen and oxygen atoms in total. The number of aldehydes is 1. The van der Waals surface area contributed by atoms with Crippen LogP contribution < -0.4 is 0 Å². The molecule has 0 aliphatic carbocycles. The fraction of sp³-hybridized carbons (Fsp3) is 0.0769. The molecule has 0 saturated heterocycles. The summed E-state index contributed by atoms with van der Waals surface area (Å²) in [5.41, 5.74) is 2.32. The first-order valence-electron chi connectivity index (χ1n) is 5.45. The van der Waals surface area contributed by atoms with Crippen molar-refractivity contribution >= 4 is 17.2 Å². The second-order valence-corrected chi connectivity index (χ2v) is 4.04. The summed E-state index contributed by atoms with van der Waals surface area (Å²) >= 11 is 0. The molecular weight excluding hydrogens is 232 g/mol. The van der Waals surface area contributed by atoms with Crippen molar-refractivity contribution in [2.75, 3.05) is 0 Å². The largest absolute Gasteiger partial charge is 0.508 e. The lowest BCUT2D eigenvalue weighted by Crippen LogP contribution is -1.89. The molecule has 3 aromatic rings. The summed E-state index contributed by atoms with van der Waals surface area (Å²) < 4.78 is 5.05. The van der Waals surface area contributed by atoms with E-state index in [2.05, 4.69) is 10.1 Å². The second-order valence-electron chi connectivity index (χ2n) is 4.04. The third kappa shape index (κ3) is 1.66. The van der Waals surface area contributed by atoms with Gasteiger partial charge in [-0.2, -0.15) is 0 Å². The molecule has 0 atom stereocenters. The number of nitrogens with one attached hydrogen (secondary N) is 1. The van der Waals surface area contributed by atoms with Crippen molar-refractivity contribution in [2.45, 2.75) is 6.42 Å². The van der Waals surface area contributed by atoms with Crippen LogP contribution in [0.3, 0.4) is 0 Å². The number of rotatable bonds is 3. The fourth-order valence-electron chi connectivity index (χ4n) is 1.99. The van der Waals surface area contributed by atoms with Gasteiger partial charge in [0.1, 0.15) is 5.75 Å². The molecule has 0 bridgehead atoms. The van der Waals surface area contributed by atoms with E-state index in [1.54, 1.807) is 18.2 Å². The van der Waals surface area contributed by atoms with Gasteiger partial charge in [0.2, 0.25) is 0 Å². The molecule has 0 aliphatic heterocycles. The molecule has 1 aromatic carbocycles. The normalized spacial score (nSPS) is 10.9. The number of carbonyl (C=O) groups is 1. The highest BCUT2D eigenvalue weighted by molar-refractivity contribution is 5.85. The summed E-state index contributed by atoms with van der Waals surface area (Å²) in [7, 11) is 0. The standard InChI is InChI=1S/C13H10N2O3/c16-7-9-6-15-18-13(9)3-8-5-14-12-2-1-10(17)4-11(8)12/h1-2,4-7,14,17H,3H2. The van der Waals surface area contributed by atoms with Gasteiger partial charge in [-0.05, 0) is 23.8 Å². The first-order valence-corrected chi connectivity index (χ1v) is 5.45. The molecule has 0 aliphatic rings. The van der Waals surface area contributed by atoms with E-state index in [1.165, 1.54) is 6.20 Å². The molecule has 90 valence electrons. The van der Waals surface area contributed by atoms with Crippen LogP contribution in [-0.2, 0) is 6.42 Å². The van der Waals surface area contributed by atoms with Crippen LogP contribution in [0.2, 0.25) is 0 Å². The number of hydrogen-bond acceptors (Lipinski definition) is 4. The van der Waals surface area contributed by atoms with Crippen molar-refractivity contribution in [3.05, 3.63) is 47.5 Å². The number of hydrogen-bond donors (Lipinski definition) is 2. The zero-order valence-corrected chi connectivity index (χ0v) is 9.38. The highest BCUT2D eigenvalue weighted by Crippen LogP contribution is 2.25. The molecule has 5 heteroatoms. The minimum Gasteiger partial charge on any atom is -0.508 e. The molecule has 0 saturated carbocycles. The average Bonchev–Trinajstić information content (AvgIpc) is 2.97. The molecule has 0 fully saturated rings. The van der Waals surface area contributed by atoms with Crippen LogP contribution >= 0.6 is 0 Å². The Kier molecular flexibility index (Phi) is 2.37. The number of aromatic nitrogens is 2. The lowest BCUT2D eigenvalue weighted by molar-refractivity contribution is 0.112. The van der Waals surface area contributed by atoms with Crippen LogP contribution in [0.4, 0.5) is 0 Å². The van der Waals surface area contributed by atoms with Crippen LogP contribution in [0.15, 0.2) is 35.1 Å². The summed E-state index contributed by atoms with van der Waals surface area (Å²) in [4.78, 5) is 13.9. The SMILES string of the molecule is O=Cc1cnoc1Cc1c[nH]c2ccc(O)cc12. The van der Waals surface area contributed by atoms with Gasteiger partial charge in [0, 0.05) is 23.5 Å². The van der Waals surface area contributed by atoms with Crippen molar-refractivity contribution in [3.63, 3.8) is 0 Å². The predicted octanol–water partition coefficient (Wildman–Crippen LogP) is 2.26. The number of aromatic amines is 1.